The molecule has 1 fully saturated rings. The topological polar surface area (TPSA) is 84.0 Å². The number of hydrogen-bond acceptors (Lipinski definition) is 3. The molecule has 0 radical (unpaired) electrons. The second-order valence-electron chi connectivity index (χ2n) is 5.40. The highest BCUT2D eigenvalue weighted by molar-refractivity contribution is 9.10. The van der Waals surface area contributed by atoms with Gasteiger partial charge < -0.3 is 5.32 Å². The lowest BCUT2D eigenvalue weighted by Gasteiger charge is -2.27. The molecule has 2 atom stereocenters. The second-order valence-corrected chi connectivity index (χ2v) is 6.25. The van der Waals surface area contributed by atoms with Gasteiger partial charge in [0.15, 0.2) is 0 Å². The number of amides is 1. The zero-order valence-corrected chi connectivity index (χ0v) is 12.9. The Labute approximate surface area is 124 Å². The molecular weight excluding hydrogens is 326 g/mol. The first-order chi connectivity index (χ1) is 9.45. The van der Waals surface area contributed by atoms with Gasteiger partial charge in [0, 0.05) is 12.2 Å². The van der Waals surface area contributed by atoms with E-state index in [1.165, 1.54) is 17.2 Å². The first-order valence-electron chi connectivity index (χ1n) is 6.74. The summed E-state index contributed by atoms with van der Waals surface area (Å²) in [4.78, 5) is 36.9. The van der Waals surface area contributed by atoms with E-state index in [1.54, 1.807) is 0 Å². The van der Waals surface area contributed by atoms with Crippen molar-refractivity contribution >= 4 is 21.8 Å². The molecule has 1 aliphatic carbocycles. The van der Waals surface area contributed by atoms with Crippen LogP contribution in [0.25, 0.3) is 0 Å². The Balaban J connectivity index is 1.99. The van der Waals surface area contributed by atoms with E-state index in [-0.39, 0.29) is 23.0 Å². The van der Waals surface area contributed by atoms with Gasteiger partial charge in [0.1, 0.15) is 6.54 Å². The highest BCUT2D eigenvalue weighted by Gasteiger charge is 2.20. The summed E-state index contributed by atoms with van der Waals surface area (Å²) in [5.74, 6) is 0.421. The molecule has 1 saturated carbocycles. The molecule has 6 nitrogen and oxygen atoms in total. The molecule has 1 aliphatic rings. The SMILES string of the molecule is CC1CCCC(NC(=O)Cn2cc(Br)c(=O)[nH]c2=O)C1. The van der Waals surface area contributed by atoms with Crippen molar-refractivity contribution < 1.29 is 4.79 Å². The molecule has 0 spiro atoms. The summed E-state index contributed by atoms with van der Waals surface area (Å²) >= 11 is 3.04. The number of hydrogen-bond donors (Lipinski definition) is 2. The molecular formula is C13H18BrN3O3. The van der Waals surface area contributed by atoms with Crippen LogP contribution >= 0.6 is 15.9 Å². The van der Waals surface area contributed by atoms with E-state index in [0.29, 0.717) is 5.92 Å². The maximum atomic E-state index is 12.0. The number of nitrogens with one attached hydrogen (secondary N) is 2. The molecule has 20 heavy (non-hydrogen) atoms. The molecule has 7 heteroatoms. The third kappa shape index (κ3) is 3.82. The zero-order chi connectivity index (χ0) is 14.7. The van der Waals surface area contributed by atoms with Crippen molar-refractivity contribution in [2.45, 2.75) is 45.2 Å². The van der Waals surface area contributed by atoms with Crippen molar-refractivity contribution in [1.29, 1.82) is 0 Å². The molecule has 110 valence electrons. The smallest absolute Gasteiger partial charge is 0.328 e. The summed E-state index contributed by atoms with van der Waals surface area (Å²) in [5.41, 5.74) is -1.07. The predicted molar refractivity (Wildman–Crippen MR) is 78.6 cm³/mol. The van der Waals surface area contributed by atoms with Gasteiger partial charge in [0.25, 0.3) is 5.56 Å². The summed E-state index contributed by atoms with van der Waals surface area (Å²) < 4.78 is 1.42. The Kier molecular flexibility index (Phi) is 4.80. The number of halogens is 1. The summed E-state index contributed by atoms with van der Waals surface area (Å²) in [7, 11) is 0. The third-order valence-electron chi connectivity index (χ3n) is 3.58. The minimum atomic E-state index is -0.578. The fourth-order valence-electron chi connectivity index (χ4n) is 2.59. The van der Waals surface area contributed by atoms with Crippen LogP contribution in [0.4, 0.5) is 0 Å². The molecule has 0 aromatic carbocycles. The predicted octanol–water partition coefficient (Wildman–Crippen LogP) is 0.994. The number of rotatable bonds is 3. The molecule has 2 rings (SSSR count). The van der Waals surface area contributed by atoms with Crippen LogP contribution in [0.15, 0.2) is 20.3 Å². The molecule has 1 heterocycles. The second kappa shape index (κ2) is 6.39. The van der Waals surface area contributed by atoms with Gasteiger partial charge in [0.2, 0.25) is 5.91 Å². The van der Waals surface area contributed by atoms with Gasteiger partial charge in [-0.15, -0.1) is 0 Å². The highest BCUT2D eigenvalue weighted by Crippen LogP contribution is 2.23. The maximum Gasteiger partial charge on any atom is 0.328 e. The fraction of sp³-hybridized carbons (Fsp3) is 0.615. The van der Waals surface area contributed by atoms with Crippen LogP contribution in [0, 0.1) is 5.92 Å². The van der Waals surface area contributed by atoms with Gasteiger partial charge in [-0.2, -0.15) is 0 Å². The Morgan fingerprint density at radius 1 is 1.50 bits per heavy atom. The number of carbonyl (C=O) groups is 1. The van der Waals surface area contributed by atoms with Crippen LogP contribution in [-0.2, 0) is 11.3 Å². The minimum absolute atomic E-state index is 0.0842. The first-order valence-corrected chi connectivity index (χ1v) is 7.53. The van der Waals surface area contributed by atoms with Gasteiger partial charge in [-0.1, -0.05) is 19.8 Å². The van der Waals surface area contributed by atoms with Crippen LogP contribution in [-0.4, -0.2) is 21.5 Å². The van der Waals surface area contributed by atoms with Crippen molar-refractivity contribution in [2.24, 2.45) is 5.92 Å². The van der Waals surface area contributed by atoms with Gasteiger partial charge >= 0.3 is 5.69 Å². The molecule has 1 aromatic heterocycles. The lowest BCUT2D eigenvalue weighted by Crippen LogP contribution is -2.42. The number of nitrogens with zero attached hydrogens (tertiary/aromatic N) is 1. The van der Waals surface area contributed by atoms with Crippen LogP contribution < -0.4 is 16.6 Å². The van der Waals surface area contributed by atoms with E-state index in [9.17, 15) is 14.4 Å². The van der Waals surface area contributed by atoms with E-state index in [0.717, 1.165) is 19.3 Å². The van der Waals surface area contributed by atoms with Crippen LogP contribution in [0.2, 0.25) is 0 Å². The van der Waals surface area contributed by atoms with Crippen molar-refractivity contribution in [3.63, 3.8) is 0 Å². The standard InChI is InChI=1S/C13H18BrN3O3/c1-8-3-2-4-9(5-8)15-11(18)7-17-6-10(14)12(19)16-13(17)20/h6,8-9H,2-5,7H2,1H3,(H,15,18)(H,16,19,20). The number of H-pyrrole nitrogens is 1. The molecule has 1 amide bonds. The van der Waals surface area contributed by atoms with Crippen molar-refractivity contribution in [1.82, 2.24) is 14.9 Å². The van der Waals surface area contributed by atoms with Gasteiger partial charge in [0.05, 0.1) is 4.47 Å². The van der Waals surface area contributed by atoms with E-state index in [4.69, 9.17) is 0 Å². The molecule has 2 N–H and O–H groups in total. The molecule has 2 unspecified atom stereocenters. The van der Waals surface area contributed by atoms with E-state index >= 15 is 0 Å². The van der Waals surface area contributed by atoms with E-state index < -0.39 is 11.2 Å². The van der Waals surface area contributed by atoms with E-state index in [1.807, 2.05) is 0 Å². The minimum Gasteiger partial charge on any atom is -0.352 e. The van der Waals surface area contributed by atoms with Crippen LogP contribution in [0.5, 0.6) is 0 Å². The highest BCUT2D eigenvalue weighted by atomic mass is 79.9. The summed E-state index contributed by atoms with van der Waals surface area (Å²) in [6, 6.07) is 0.188. The molecule has 0 bridgehead atoms. The van der Waals surface area contributed by atoms with Gasteiger partial charge in [-0.25, -0.2) is 4.79 Å². The average molecular weight is 344 g/mol. The number of carbonyl (C=O) groups excluding carboxylic acids is 1. The number of aromatic amines is 1. The Hall–Kier alpha value is -1.37. The largest absolute Gasteiger partial charge is 0.352 e. The molecule has 0 saturated heterocycles. The van der Waals surface area contributed by atoms with Gasteiger partial charge in [-0.3, -0.25) is 19.1 Å². The third-order valence-corrected chi connectivity index (χ3v) is 4.15. The molecule has 1 aromatic rings. The zero-order valence-electron chi connectivity index (χ0n) is 11.3. The lowest BCUT2D eigenvalue weighted by atomic mass is 9.87. The summed E-state index contributed by atoms with van der Waals surface area (Å²) in [6.07, 6.45) is 5.63. The maximum absolute atomic E-state index is 12.0. The quantitative estimate of drug-likeness (QED) is 0.858. The van der Waals surface area contributed by atoms with E-state index in [2.05, 4.69) is 33.2 Å². The first kappa shape index (κ1) is 15.0. The van der Waals surface area contributed by atoms with Crippen LogP contribution in [0.3, 0.4) is 0 Å². The Morgan fingerprint density at radius 2 is 2.25 bits per heavy atom. The van der Waals surface area contributed by atoms with Crippen molar-refractivity contribution in [3.8, 4) is 0 Å². The molecule has 0 aliphatic heterocycles. The Morgan fingerprint density at radius 3 is 2.95 bits per heavy atom. The summed E-state index contributed by atoms with van der Waals surface area (Å²) in [6.45, 7) is 2.10. The van der Waals surface area contributed by atoms with Crippen molar-refractivity contribution in [2.75, 3.05) is 0 Å². The fourth-order valence-corrected chi connectivity index (χ4v) is 2.94. The lowest BCUT2D eigenvalue weighted by molar-refractivity contribution is -0.122. The number of aromatic nitrogens is 2. The normalized spacial score (nSPS) is 22.5. The summed E-state index contributed by atoms with van der Waals surface area (Å²) in [5, 5.41) is 2.95. The van der Waals surface area contributed by atoms with Crippen molar-refractivity contribution in [3.05, 3.63) is 31.5 Å². The average Bonchev–Trinajstić information content (AvgIpc) is 2.36. The van der Waals surface area contributed by atoms with Crippen LogP contribution in [0.1, 0.15) is 32.6 Å². The Bertz CT molecular complexity index is 608. The monoisotopic (exact) mass is 343 g/mol. The van der Waals surface area contributed by atoms with Gasteiger partial charge in [-0.05, 0) is 34.7 Å².